The predicted octanol–water partition coefficient (Wildman–Crippen LogP) is 2.62. The molecule has 74 valence electrons. The second-order valence-electron chi connectivity index (χ2n) is 2.89. The zero-order valence-electron chi connectivity index (χ0n) is 7.87. The van der Waals surface area contributed by atoms with Crippen molar-refractivity contribution in [1.29, 1.82) is 0 Å². The fourth-order valence-electron chi connectivity index (χ4n) is 1.23. The fraction of sp³-hybridized carbons (Fsp3) is 0.100. The normalized spacial score (nSPS) is 16.8. The number of azide groups is 1. The smallest absolute Gasteiger partial charge is 0.222 e. The SMILES string of the molecule is [N-]=[N+]=N/C=C1\CN=C(c2ccccc2)O1. The molecule has 0 atom stereocenters. The van der Waals surface area contributed by atoms with Gasteiger partial charge in [-0.25, -0.2) is 4.99 Å². The maximum Gasteiger partial charge on any atom is 0.222 e. The highest BCUT2D eigenvalue weighted by molar-refractivity contribution is 5.95. The molecule has 1 aromatic carbocycles. The van der Waals surface area contributed by atoms with Gasteiger partial charge in [0.05, 0.1) is 0 Å². The molecule has 5 heteroatoms. The van der Waals surface area contributed by atoms with Crippen molar-refractivity contribution in [3.8, 4) is 0 Å². The molecule has 0 saturated carbocycles. The molecular formula is C10H8N4O. The van der Waals surface area contributed by atoms with Gasteiger partial charge in [-0.3, -0.25) is 0 Å². The minimum Gasteiger partial charge on any atom is -0.441 e. The lowest BCUT2D eigenvalue weighted by atomic mass is 10.2. The van der Waals surface area contributed by atoms with E-state index in [0.29, 0.717) is 18.2 Å². The van der Waals surface area contributed by atoms with E-state index in [1.54, 1.807) is 0 Å². The van der Waals surface area contributed by atoms with Crippen molar-refractivity contribution in [2.24, 2.45) is 10.1 Å². The van der Waals surface area contributed by atoms with E-state index in [-0.39, 0.29) is 0 Å². The van der Waals surface area contributed by atoms with Crippen molar-refractivity contribution in [2.45, 2.75) is 0 Å². The average molecular weight is 200 g/mol. The minimum absolute atomic E-state index is 0.420. The van der Waals surface area contributed by atoms with Crippen LogP contribution in [0.4, 0.5) is 0 Å². The van der Waals surface area contributed by atoms with Gasteiger partial charge in [-0.05, 0) is 17.7 Å². The van der Waals surface area contributed by atoms with Gasteiger partial charge in [0.25, 0.3) is 0 Å². The second kappa shape index (κ2) is 4.30. The van der Waals surface area contributed by atoms with E-state index in [9.17, 15) is 0 Å². The highest BCUT2D eigenvalue weighted by atomic mass is 16.5. The summed E-state index contributed by atoms with van der Waals surface area (Å²) in [5, 5.41) is 3.30. The molecule has 1 aliphatic rings. The van der Waals surface area contributed by atoms with E-state index in [2.05, 4.69) is 15.0 Å². The number of nitrogens with zero attached hydrogens (tertiary/aromatic N) is 4. The molecule has 0 radical (unpaired) electrons. The van der Waals surface area contributed by atoms with E-state index in [1.807, 2.05) is 30.3 Å². The number of hydrogen-bond donors (Lipinski definition) is 0. The second-order valence-corrected chi connectivity index (χ2v) is 2.89. The summed E-state index contributed by atoms with van der Waals surface area (Å²) in [6.45, 7) is 0.420. The monoisotopic (exact) mass is 200 g/mol. The largest absolute Gasteiger partial charge is 0.441 e. The molecule has 0 spiro atoms. The maximum atomic E-state index is 8.13. The summed E-state index contributed by atoms with van der Waals surface area (Å²) in [7, 11) is 0. The molecule has 5 nitrogen and oxygen atoms in total. The molecule has 0 fully saturated rings. The van der Waals surface area contributed by atoms with Crippen molar-refractivity contribution in [1.82, 2.24) is 0 Å². The van der Waals surface area contributed by atoms with Gasteiger partial charge in [0, 0.05) is 16.7 Å². The van der Waals surface area contributed by atoms with Gasteiger partial charge in [-0.1, -0.05) is 23.3 Å². The van der Waals surface area contributed by atoms with Crippen LogP contribution in [0, 0.1) is 0 Å². The Bertz CT molecular complexity index is 458. The molecule has 2 rings (SSSR count). The number of aliphatic imine (C=N–C) groups is 1. The molecule has 0 saturated heterocycles. The minimum atomic E-state index is 0.420. The van der Waals surface area contributed by atoms with E-state index < -0.39 is 0 Å². The van der Waals surface area contributed by atoms with Crippen LogP contribution < -0.4 is 0 Å². The Morgan fingerprint density at radius 2 is 2.20 bits per heavy atom. The van der Waals surface area contributed by atoms with Gasteiger partial charge in [-0.2, -0.15) is 0 Å². The third-order valence-corrected chi connectivity index (χ3v) is 1.88. The fourth-order valence-corrected chi connectivity index (χ4v) is 1.23. The first-order valence-electron chi connectivity index (χ1n) is 4.41. The molecule has 0 aromatic heterocycles. The molecule has 0 aliphatic carbocycles. The standard InChI is InChI=1S/C10H8N4O/c11-14-13-7-9-6-12-10(15-9)8-4-2-1-3-5-8/h1-5,7H,6H2/b9-7+. The molecule has 1 aromatic rings. The summed E-state index contributed by atoms with van der Waals surface area (Å²) in [5.74, 6) is 1.13. The summed E-state index contributed by atoms with van der Waals surface area (Å²) in [6.07, 6.45) is 1.33. The zero-order chi connectivity index (χ0) is 10.5. The lowest BCUT2D eigenvalue weighted by Gasteiger charge is -2.00. The summed E-state index contributed by atoms with van der Waals surface area (Å²) in [5.41, 5.74) is 9.05. The van der Waals surface area contributed by atoms with Crippen molar-refractivity contribution < 1.29 is 4.74 Å². The molecule has 0 amide bonds. The molecule has 1 aliphatic heterocycles. The third-order valence-electron chi connectivity index (χ3n) is 1.88. The van der Waals surface area contributed by atoms with Crippen LogP contribution in [0.5, 0.6) is 0 Å². The predicted molar refractivity (Wildman–Crippen MR) is 56.2 cm³/mol. The van der Waals surface area contributed by atoms with Crippen molar-refractivity contribution in [2.75, 3.05) is 6.54 Å². The van der Waals surface area contributed by atoms with Crippen LogP contribution in [-0.2, 0) is 4.74 Å². The number of benzene rings is 1. The summed E-state index contributed by atoms with van der Waals surface area (Å²) in [4.78, 5) is 6.80. The number of rotatable bonds is 2. The summed E-state index contributed by atoms with van der Waals surface area (Å²) < 4.78 is 5.40. The van der Waals surface area contributed by atoms with Crippen molar-refractivity contribution in [3.63, 3.8) is 0 Å². The van der Waals surface area contributed by atoms with Crippen molar-refractivity contribution >= 4 is 5.90 Å². The topological polar surface area (TPSA) is 70.4 Å². The number of ether oxygens (including phenoxy) is 1. The van der Waals surface area contributed by atoms with Gasteiger partial charge >= 0.3 is 0 Å². The molecule has 0 unspecified atom stereocenters. The Morgan fingerprint density at radius 3 is 2.93 bits per heavy atom. The Morgan fingerprint density at radius 1 is 1.40 bits per heavy atom. The summed E-state index contributed by atoms with van der Waals surface area (Å²) in [6, 6.07) is 9.58. The molecular weight excluding hydrogens is 192 g/mol. The van der Waals surface area contributed by atoms with Gasteiger partial charge in [0.15, 0.2) is 0 Å². The number of hydrogen-bond acceptors (Lipinski definition) is 3. The highest BCUT2D eigenvalue weighted by Gasteiger charge is 2.13. The van der Waals surface area contributed by atoms with Crippen LogP contribution in [0.2, 0.25) is 0 Å². The van der Waals surface area contributed by atoms with E-state index >= 15 is 0 Å². The molecule has 0 N–H and O–H groups in total. The first kappa shape index (κ1) is 9.30. The third kappa shape index (κ3) is 2.15. The zero-order valence-corrected chi connectivity index (χ0v) is 7.87. The molecule has 1 heterocycles. The lowest BCUT2D eigenvalue weighted by Crippen LogP contribution is -1.99. The maximum absolute atomic E-state index is 8.13. The van der Waals surface area contributed by atoms with Crippen molar-refractivity contribution in [3.05, 3.63) is 58.3 Å². The van der Waals surface area contributed by atoms with Crippen LogP contribution in [0.15, 0.2) is 52.4 Å². The van der Waals surface area contributed by atoms with Gasteiger partial charge in [0.2, 0.25) is 5.90 Å². The average Bonchev–Trinajstić information content (AvgIpc) is 2.76. The van der Waals surface area contributed by atoms with Gasteiger partial charge in [0.1, 0.15) is 12.3 Å². The Hall–Kier alpha value is -2.26. The van der Waals surface area contributed by atoms with Crippen LogP contribution >= 0.6 is 0 Å². The Balaban J connectivity index is 2.14. The van der Waals surface area contributed by atoms with Crippen LogP contribution in [0.25, 0.3) is 10.4 Å². The van der Waals surface area contributed by atoms with Crippen LogP contribution in [0.1, 0.15) is 5.56 Å². The first-order valence-corrected chi connectivity index (χ1v) is 4.41. The van der Waals surface area contributed by atoms with E-state index in [4.69, 9.17) is 10.3 Å². The first-order chi connectivity index (χ1) is 7.40. The highest BCUT2D eigenvalue weighted by Crippen LogP contribution is 2.14. The lowest BCUT2D eigenvalue weighted by molar-refractivity contribution is 0.438. The molecule has 15 heavy (non-hydrogen) atoms. The quantitative estimate of drug-likeness (QED) is 0.411. The Labute approximate surface area is 86.3 Å². The van der Waals surface area contributed by atoms with Gasteiger partial charge in [-0.15, -0.1) is 0 Å². The van der Waals surface area contributed by atoms with E-state index in [1.165, 1.54) is 6.20 Å². The van der Waals surface area contributed by atoms with Gasteiger partial charge < -0.3 is 4.74 Å². The van der Waals surface area contributed by atoms with Crippen LogP contribution in [-0.4, -0.2) is 12.4 Å². The van der Waals surface area contributed by atoms with Crippen LogP contribution in [0.3, 0.4) is 0 Å². The molecule has 0 bridgehead atoms. The summed E-state index contributed by atoms with van der Waals surface area (Å²) >= 11 is 0. The van der Waals surface area contributed by atoms with E-state index in [0.717, 1.165) is 5.56 Å². The Kier molecular flexibility index (Phi) is 2.67.